The highest BCUT2D eigenvalue weighted by molar-refractivity contribution is 14.0. The van der Waals surface area contributed by atoms with Crippen molar-refractivity contribution < 1.29 is 4.79 Å². The van der Waals surface area contributed by atoms with Gasteiger partial charge in [-0.05, 0) is 51.5 Å². The molecule has 0 saturated heterocycles. The van der Waals surface area contributed by atoms with Crippen LogP contribution in [-0.2, 0) is 0 Å². The summed E-state index contributed by atoms with van der Waals surface area (Å²) in [5.74, 6) is 0.717. The van der Waals surface area contributed by atoms with Crippen molar-refractivity contribution in [3.8, 4) is 0 Å². The molecular weight excluding hydrogens is 453 g/mol. The second kappa shape index (κ2) is 15.7. The molecule has 1 amide bonds. The molecule has 0 saturated carbocycles. The van der Waals surface area contributed by atoms with Gasteiger partial charge in [0.25, 0.3) is 5.91 Å². The van der Waals surface area contributed by atoms with Gasteiger partial charge >= 0.3 is 0 Å². The molecular formula is C20H36IN5O. The van der Waals surface area contributed by atoms with E-state index < -0.39 is 0 Å². The summed E-state index contributed by atoms with van der Waals surface area (Å²) in [4.78, 5) is 18.7. The lowest BCUT2D eigenvalue weighted by atomic mass is 10.2. The van der Waals surface area contributed by atoms with Crippen LogP contribution in [0.4, 0.5) is 0 Å². The van der Waals surface area contributed by atoms with E-state index in [1.165, 1.54) is 6.42 Å². The van der Waals surface area contributed by atoms with Crippen LogP contribution < -0.4 is 16.0 Å². The molecule has 1 aromatic rings. The molecule has 0 spiro atoms. The Bertz CT molecular complexity index is 534. The molecule has 0 aromatic heterocycles. The molecule has 0 radical (unpaired) electrons. The van der Waals surface area contributed by atoms with Crippen LogP contribution in [0.2, 0.25) is 0 Å². The number of carbonyl (C=O) groups excluding carboxylic acids is 1. The largest absolute Gasteiger partial charge is 0.355 e. The molecule has 0 aliphatic heterocycles. The van der Waals surface area contributed by atoms with Gasteiger partial charge < -0.3 is 20.9 Å². The number of aliphatic imine (C=N–C) groups is 1. The number of benzene rings is 1. The Morgan fingerprint density at radius 1 is 1.11 bits per heavy atom. The van der Waals surface area contributed by atoms with E-state index in [0.29, 0.717) is 24.7 Å². The second-order valence-corrected chi connectivity index (χ2v) is 6.34. The number of nitrogens with one attached hydrogen (secondary N) is 3. The maximum atomic E-state index is 12.0. The van der Waals surface area contributed by atoms with Gasteiger partial charge in [-0.2, -0.15) is 0 Å². The number of rotatable bonds is 11. The first-order chi connectivity index (χ1) is 12.6. The van der Waals surface area contributed by atoms with Gasteiger partial charge in [0.05, 0.1) is 0 Å². The summed E-state index contributed by atoms with van der Waals surface area (Å²) in [6.07, 6.45) is 2.27. The molecule has 1 atom stereocenters. The van der Waals surface area contributed by atoms with E-state index in [2.05, 4.69) is 46.6 Å². The fraction of sp³-hybridized carbons (Fsp3) is 0.600. The highest BCUT2D eigenvalue weighted by Crippen LogP contribution is 2.00. The molecule has 0 heterocycles. The van der Waals surface area contributed by atoms with Crippen LogP contribution in [0.1, 0.15) is 44.0 Å². The number of hydrogen-bond donors (Lipinski definition) is 3. The number of carbonyl (C=O) groups is 1. The number of guanidine groups is 1. The van der Waals surface area contributed by atoms with E-state index in [-0.39, 0.29) is 29.9 Å². The zero-order valence-corrected chi connectivity index (χ0v) is 19.5. The molecule has 0 bridgehead atoms. The van der Waals surface area contributed by atoms with Crippen LogP contribution in [-0.4, -0.2) is 62.6 Å². The summed E-state index contributed by atoms with van der Waals surface area (Å²) in [6, 6.07) is 9.60. The smallest absolute Gasteiger partial charge is 0.251 e. The van der Waals surface area contributed by atoms with Crippen molar-refractivity contribution in [2.75, 3.05) is 39.8 Å². The number of halogens is 1. The average molecular weight is 489 g/mol. The molecule has 0 aliphatic carbocycles. The van der Waals surface area contributed by atoms with Gasteiger partial charge in [0.2, 0.25) is 0 Å². The van der Waals surface area contributed by atoms with Gasteiger partial charge in [0, 0.05) is 31.7 Å². The van der Waals surface area contributed by atoms with Gasteiger partial charge in [-0.1, -0.05) is 32.0 Å². The van der Waals surface area contributed by atoms with E-state index in [1.54, 1.807) is 7.05 Å². The van der Waals surface area contributed by atoms with Crippen LogP contribution in [0.3, 0.4) is 0 Å². The van der Waals surface area contributed by atoms with Crippen molar-refractivity contribution in [1.29, 1.82) is 0 Å². The maximum Gasteiger partial charge on any atom is 0.251 e. The summed E-state index contributed by atoms with van der Waals surface area (Å²) in [5, 5.41) is 9.55. The number of amides is 1. The van der Waals surface area contributed by atoms with Gasteiger partial charge in [0.1, 0.15) is 0 Å². The standard InChI is InChI=1S/C20H35N5O.HI/c1-5-25(6-2)16-10-11-17(3)24-20(21-4)23-15-14-22-19(26)18-12-8-7-9-13-18;/h7-9,12-13,17H,5-6,10-11,14-16H2,1-4H3,(H,22,26)(H2,21,23,24);1H. The highest BCUT2D eigenvalue weighted by atomic mass is 127. The minimum absolute atomic E-state index is 0. The quantitative estimate of drug-likeness (QED) is 0.194. The topological polar surface area (TPSA) is 68.8 Å². The van der Waals surface area contributed by atoms with Crippen LogP contribution in [0, 0.1) is 0 Å². The lowest BCUT2D eigenvalue weighted by Crippen LogP contribution is -2.45. The Morgan fingerprint density at radius 3 is 2.33 bits per heavy atom. The molecule has 27 heavy (non-hydrogen) atoms. The summed E-state index contributed by atoms with van der Waals surface area (Å²) in [5.41, 5.74) is 0.678. The third kappa shape index (κ3) is 11.2. The Labute approximate surface area is 181 Å². The fourth-order valence-electron chi connectivity index (χ4n) is 2.71. The van der Waals surface area contributed by atoms with E-state index >= 15 is 0 Å². The molecule has 1 unspecified atom stereocenters. The lowest BCUT2D eigenvalue weighted by molar-refractivity contribution is 0.0954. The Morgan fingerprint density at radius 2 is 1.74 bits per heavy atom. The molecule has 1 aromatic carbocycles. The third-order valence-corrected chi connectivity index (χ3v) is 4.35. The van der Waals surface area contributed by atoms with Gasteiger partial charge in [0.15, 0.2) is 5.96 Å². The summed E-state index contributed by atoms with van der Waals surface area (Å²) >= 11 is 0. The van der Waals surface area contributed by atoms with Gasteiger partial charge in [-0.3, -0.25) is 9.79 Å². The molecule has 0 fully saturated rings. The molecule has 0 aliphatic rings. The van der Waals surface area contributed by atoms with Crippen LogP contribution in [0.5, 0.6) is 0 Å². The molecule has 154 valence electrons. The first-order valence-corrected chi connectivity index (χ1v) is 9.63. The van der Waals surface area contributed by atoms with E-state index in [9.17, 15) is 4.79 Å². The minimum Gasteiger partial charge on any atom is -0.355 e. The third-order valence-electron chi connectivity index (χ3n) is 4.35. The Balaban J connectivity index is 0.00000676. The Kier molecular flexibility index (Phi) is 14.9. The molecule has 7 heteroatoms. The second-order valence-electron chi connectivity index (χ2n) is 6.34. The number of nitrogens with zero attached hydrogens (tertiary/aromatic N) is 2. The SMILES string of the molecule is CCN(CC)CCCC(C)NC(=NC)NCCNC(=O)c1ccccc1.I. The predicted molar refractivity (Wildman–Crippen MR) is 125 cm³/mol. The first-order valence-electron chi connectivity index (χ1n) is 9.63. The molecule has 3 N–H and O–H groups in total. The fourth-order valence-corrected chi connectivity index (χ4v) is 2.71. The van der Waals surface area contributed by atoms with Crippen molar-refractivity contribution in [3.63, 3.8) is 0 Å². The monoisotopic (exact) mass is 489 g/mol. The normalized spacial score (nSPS) is 12.3. The maximum absolute atomic E-state index is 12.0. The van der Waals surface area contributed by atoms with E-state index in [0.717, 1.165) is 32.0 Å². The van der Waals surface area contributed by atoms with Crippen molar-refractivity contribution in [3.05, 3.63) is 35.9 Å². The van der Waals surface area contributed by atoms with Crippen molar-refractivity contribution in [1.82, 2.24) is 20.9 Å². The van der Waals surface area contributed by atoms with Gasteiger partial charge in [-0.25, -0.2) is 0 Å². The average Bonchev–Trinajstić information content (AvgIpc) is 2.68. The van der Waals surface area contributed by atoms with Gasteiger partial charge in [-0.15, -0.1) is 24.0 Å². The van der Waals surface area contributed by atoms with Crippen LogP contribution in [0.25, 0.3) is 0 Å². The minimum atomic E-state index is -0.0554. The summed E-state index contributed by atoms with van der Waals surface area (Å²) < 4.78 is 0. The number of hydrogen-bond acceptors (Lipinski definition) is 3. The summed E-state index contributed by atoms with van der Waals surface area (Å²) in [6.45, 7) is 11.1. The van der Waals surface area contributed by atoms with Crippen molar-refractivity contribution in [2.45, 2.75) is 39.7 Å². The lowest BCUT2D eigenvalue weighted by Gasteiger charge is -2.21. The Hall–Kier alpha value is -1.35. The van der Waals surface area contributed by atoms with E-state index in [4.69, 9.17) is 0 Å². The first kappa shape index (κ1) is 25.6. The van der Waals surface area contributed by atoms with Crippen molar-refractivity contribution >= 4 is 35.8 Å². The molecule has 1 rings (SSSR count). The van der Waals surface area contributed by atoms with Crippen LogP contribution in [0.15, 0.2) is 35.3 Å². The van der Waals surface area contributed by atoms with Crippen LogP contribution >= 0.6 is 24.0 Å². The molecule has 6 nitrogen and oxygen atoms in total. The zero-order chi connectivity index (χ0) is 19.2. The highest BCUT2D eigenvalue weighted by Gasteiger charge is 2.07. The summed E-state index contributed by atoms with van der Waals surface area (Å²) in [7, 11) is 1.76. The zero-order valence-electron chi connectivity index (χ0n) is 17.1. The predicted octanol–water partition coefficient (Wildman–Crippen LogP) is 2.71. The van der Waals surface area contributed by atoms with E-state index in [1.807, 2.05) is 30.3 Å². The van der Waals surface area contributed by atoms with Crippen molar-refractivity contribution in [2.24, 2.45) is 4.99 Å².